The number of hydrogen-bond acceptors (Lipinski definition) is 2. The maximum absolute atomic E-state index is 6.16. The van der Waals surface area contributed by atoms with Crippen LogP contribution in [0.25, 0.3) is 0 Å². The van der Waals surface area contributed by atoms with Crippen LogP contribution in [0.3, 0.4) is 0 Å². The van der Waals surface area contributed by atoms with Crippen LogP contribution in [0.15, 0.2) is 45.3 Å². The monoisotopic (exact) mass is 417 g/mol. The van der Waals surface area contributed by atoms with Gasteiger partial charge in [0.25, 0.3) is 0 Å². The highest BCUT2D eigenvalue weighted by molar-refractivity contribution is 9.13. The third kappa shape index (κ3) is 4.14. The van der Waals surface area contributed by atoms with Crippen LogP contribution in [0.5, 0.6) is 5.75 Å². The lowest BCUT2D eigenvalue weighted by atomic mass is 10.2. The molecule has 0 amide bonds. The largest absolute Gasteiger partial charge is 0.492 e. The van der Waals surface area contributed by atoms with Gasteiger partial charge in [0.2, 0.25) is 0 Å². The summed E-state index contributed by atoms with van der Waals surface area (Å²) in [6.45, 7) is 3.28. The molecule has 2 rings (SSSR count). The van der Waals surface area contributed by atoms with Gasteiger partial charge in [0.15, 0.2) is 0 Å². The molecular weight excluding hydrogens is 405 g/mol. The van der Waals surface area contributed by atoms with Crippen molar-refractivity contribution in [2.45, 2.75) is 13.5 Å². The zero-order chi connectivity index (χ0) is 14.5. The molecule has 1 N–H and O–H groups in total. The molecule has 2 nitrogen and oxygen atoms in total. The molecule has 0 aliphatic carbocycles. The number of hydrogen-bond donors (Lipinski definition) is 1. The SMILES string of the molecule is CCOc1ccc(NCc2ccc(Br)c(Br)c2)cc1Cl. The van der Waals surface area contributed by atoms with Crippen molar-refractivity contribution in [3.05, 3.63) is 55.9 Å². The fraction of sp³-hybridized carbons (Fsp3) is 0.200. The topological polar surface area (TPSA) is 21.3 Å². The van der Waals surface area contributed by atoms with Crippen LogP contribution >= 0.6 is 43.5 Å². The molecule has 0 bridgehead atoms. The maximum Gasteiger partial charge on any atom is 0.138 e. The zero-order valence-electron chi connectivity index (χ0n) is 10.9. The van der Waals surface area contributed by atoms with Crippen molar-refractivity contribution >= 4 is 49.1 Å². The summed E-state index contributed by atoms with van der Waals surface area (Å²) in [7, 11) is 0. The number of benzene rings is 2. The molecule has 0 spiro atoms. The van der Waals surface area contributed by atoms with E-state index >= 15 is 0 Å². The van der Waals surface area contributed by atoms with Crippen LogP contribution in [-0.4, -0.2) is 6.61 Å². The smallest absolute Gasteiger partial charge is 0.138 e. The van der Waals surface area contributed by atoms with E-state index in [1.165, 1.54) is 5.56 Å². The van der Waals surface area contributed by atoms with Gasteiger partial charge in [0.05, 0.1) is 11.6 Å². The van der Waals surface area contributed by atoms with Gasteiger partial charge in [-0.15, -0.1) is 0 Å². The van der Waals surface area contributed by atoms with E-state index in [-0.39, 0.29) is 0 Å². The van der Waals surface area contributed by atoms with E-state index in [1.807, 2.05) is 31.2 Å². The molecular formula is C15H14Br2ClNO. The molecule has 0 aromatic heterocycles. The standard InChI is InChI=1S/C15H14Br2ClNO/c1-2-20-15-6-4-11(8-14(15)18)19-9-10-3-5-12(16)13(17)7-10/h3-8,19H,2,9H2,1H3. The fourth-order valence-electron chi connectivity index (χ4n) is 1.74. The molecule has 2 aromatic rings. The molecule has 0 heterocycles. The number of rotatable bonds is 5. The second kappa shape index (κ2) is 7.34. The molecule has 0 aliphatic rings. The first-order valence-electron chi connectivity index (χ1n) is 6.20. The maximum atomic E-state index is 6.16. The van der Waals surface area contributed by atoms with E-state index in [0.717, 1.165) is 21.2 Å². The summed E-state index contributed by atoms with van der Waals surface area (Å²) in [4.78, 5) is 0. The van der Waals surface area contributed by atoms with Gasteiger partial charge >= 0.3 is 0 Å². The minimum Gasteiger partial charge on any atom is -0.492 e. The molecule has 0 aliphatic heterocycles. The van der Waals surface area contributed by atoms with Crippen molar-refractivity contribution < 1.29 is 4.74 Å². The van der Waals surface area contributed by atoms with Gasteiger partial charge in [-0.3, -0.25) is 0 Å². The quantitative estimate of drug-likeness (QED) is 0.654. The van der Waals surface area contributed by atoms with Gasteiger partial charge in [0.1, 0.15) is 5.75 Å². The molecule has 0 saturated heterocycles. The summed E-state index contributed by atoms with van der Waals surface area (Å²) in [5, 5.41) is 3.96. The molecule has 20 heavy (non-hydrogen) atoms. The molecule has 0 saturated carbocycles. The van der Waals surface area contributed by atoms with Crippen LogP contribution in [0, 0.1) is 0 Å². The minimum atomic E-state index is 0.611. The van der Waals surface area contributed by atoms with E-state index in [1.54, 1.807) is 0 Å². The fourth-order valence-corrected chi connectivity index (χ4v) is 2.65. The van der Waals surface area contributed by atoms with Crippen LogP contribution in [0.1, 0.15) is 12.5 Å². The van der Waals surface area contributed by atoms with E-state index in [9.17, 15) is 0 Å². The van der Waals surface area contributed by atoms with Gasteiger partial charge in [-0.05, 0) is 74.7 Å². The normalized spacial score (nSPS) is 10.4. The van der Waals surface area contributed by atoms with Gasteiger partial charge in [-0.25, -0.2) is 0 Å². The Morgan fingerprint density at radius 1 is 1.10 bits per heavy atom. The van der Waals surface area contributed by atoms with Gasteiger partial charge in [-0.2, -0.15) is 0 Å². The van der Waals surface area contributed by atoms with Crippen LogP contribution in [0.2, 0.25) is 5.02 Å². The van der Waals surface area contributed by atoms with Crippen molar-refractivity contribution in [2.75, 3.05) is 11.9 Å². The predicted molar refractivity (Wildman–Crippen MR) is 91.8 cm³/mol. The molecule has 0 radical (unpaired) electrons. The number of ether oxygens (including phenoxy) is 1. The van der Waals surface area contributed by atoms with Gasteiger partial charge in [0, 0.05) is 21.2 Å². The van der Waals surface area contributed by atoms with Crippen molar-refractivity contribution in [1.82, 2.24) is 0 Å². The molecule has 0 unspecified atom stereocenters. The third-order valence-corrected chi connectivity index (χ3v) is 4.89. The summed E-state index contributed by atoms with van der Waals surface area (Å²) < 4.78 is 7.50. The van der Waals surface area contributed by atoms with Crippen molar-refractivity contribution in [1.29, 1.82) is 0 Å². The third-order valence-electron chi connectivity index (χ3n) is 2.71. The van der Waals surface area contributed by atoms with E-state index in [2.05, 4.69) is 49.3 Å². The first-order chi connectivity index (χ1) is 9.60. The van der Waals surface area contributed by atoms with Crippen LogP contribution < -0.4 is 10.1 Å². The van der Waals surface area contributed by atoms with Crippen LogP contribution in [0.4, 0.5) is 5.69 Å². The zero-order valence-corrected chi connectivity index (χ0v) is 14.8. The minimum absolute atomic E-state index is 0.611. The van der Waals surface area contributed by atoms with E-state index in [0.29, 0.717) is 17.4 Å². The lowest BCUT2D eigenvalue weighted by Gasteiger charge is -2.10. The van der Waals surface area contributed by atoms with E-state index in [4.69, 9.17) is 16.3 Å². The highest BCUT2D eigenvalue weighted by atomic mass is 79.9. The van der Waals surface area contributed by atoms with Crippen LogP contribution in [-0.2, 0) is 6.54 Å². The summed E-state index contributed by atoms with van der Waals surface area (Å²) in [5.74, 6) is 0.714. The Morgan fingerprint density at radius 2 is 1.90 bits per heavy atom. The average Bonchev–Trinajstić information content (AvgIpc) is 2.43. The first-order valence-corrected chi connectivity index (χ1v) is 8.16. The number of halogens is 3. The second-order valence-corrected chi connectivity index (χ2v) is 6.30. The van der Waals surface area contributed by atoms with Crippen molar-refractivity contribution in [3.8, 4) is 5.75 Å². The molecule has 106 valence electrons. The summed E-state index contributed by atoms with van der Waals surface area (Å²) in [6.07, 6.45) is 0. The van der Waals surface area contributed by atoms with Crippen molar-refractivity contribution in [3.63, 3.8) is 0 Å². The molecule has 5 heteroatoms. The van der Waals surface area contributed by atoms with E-state index < -0.39 is 0 Å². The Bertz CT molecular complexity index is 604. The average molecular weight is 420 g/mol. The Hall–Kier alpha value is -0.710. The van der Waals surface area contributed by atoms with Gasteiger partial charge < -0.3 is 10.1 Å². The predicted octanol–water partition coefficient (Wildman–Crippen LogP) is 5.88. The Morgan fingerprint density at radius 3 is 2.55 bits per heavy atom. The summed E-state index contributed by atoms with van der Waals surface area (Å²) in [5.41, 5.74) is 2.16. The molecule has 0 atom stereocenters. The lowest BCUT2D eigenvalue weighted by Crippen LogP contribution is -2.00. The number of nitrogens with one attached hydrogen (secondary N) is 1. The van der Waals surface area contributed by atoms with Gasteiger partial charge in [-0.1, -0.05) is 17.7 Å². The Labute approximate surface area is 140 Å². The number of anilines is 1. The highest BCUT2D eigenvalue weighted by Crippen LogP contribution is 2.28. The Kier molecular flexibility index (Phi) is 5.75. The highest BCUT2D eigenvalue weighted by Gasteiger charge is 2.03. The summed E-state index contributed by atoms with van der Waals surface area (Å²) >= 11 is 13.1. The summed E-state index contributed by atoms with van der Waals surface area (Å²) in [6, 6.07) is 11.9. The molecule has 2 aromatic carbocycles. The van der Waals surface area contributed by atoms with Crippen molar-refractivity contribution in [2.24, 2.45) is 0 Å². The molecule has 0 fully saturated rings. The lowest BCUT2D eigenvalue weighted by molar-refractivity contribution is 0.340. The second-order valence-electron chi connectivity index (χ2n) is 4.18. The Balaban J connectivity index is 2.03. The first kappa shape index (κ1) is 15.7.